The summed E-state index contributed by atoms with van der Waals surface area (Å²) < 4.78 is -0.526. The van der Waals surface area contributed by atoms with Crippen molar-refractivity contribution in [2.24, 2.45) is 0 Å². The van der Waals surface area contributed by atoms with Crippen molar-refractivity contribution in [1.29, 1.82) is 0 Å². The smallest absolute Gasteiger partial charge is 0.220 e. The number of rotatable bonds is 1. The van der Waals surface area contributed by atoms with Crippen molar-refractivity contribution >= 4 is 36.9 Å². The minimum Gasteiger partial charge on any atom is -0.331 e. The van der Waals surface area contributed by atoms with Crippen molar-refractivity contribution in [2.45, 2.75) is 30.4 Å². The first kappa shape index (κ1) is 10.9. The van der Waals surface area contributed by atoms with Gasteiger partial charge in [-0.15, -0.1) is 0 Å². The van der Waals surface area contributed by atoms with Crippen LogP contribution in [0.15, 0.2) is 0 Å². The molecule has 1 saturated heterocycles. The van der Waals surface area contributed by atoms with Crippen LogP contribution in [0.2, 0.25) is 0 Å². The molecule has 0 N–H and O–H groups in total. The number of hydrogen-bond donors (Lipinski definition) is 2. The van der Waals surface area contributed by atoms with Gasteiger partial charge in [0.15, 0.2) is 5.78 Å². The van der Waals surface area contributed by atoms with Gasteiger partial charge < -0.3 is 4.90 Å². The van der Waals surface area contributed by atoms with Crippen molar-refractivity contribution in [3.63, 3.8) is 0 Å². The average molecular weight is 219 g/mol. The molecule has 1 fully saturated rings. The van der Waals surface area contributed by atoms with Gasteiger partial charge in [-0.25, -0.2) is 0 Å². The van der Waals surface area contributed by atoms with Crippen LogP contribution in [0.1, 0.15) is 20.3 Å². The fourth-order valence-electron chi connectivity index (χ4n) is 1.56. The Morgan fingerprint density at radius 1 is 1.38 bits per heavy atom. The number of likely N-dealkylation sites (tertiary alicyclic amines) is 1. The Morgan fingerprint density at radius 3 is 2.23 bits per heavy atom. The highest BCUT2D eigenvalue weighted by Crippen LogP contribution is 2.35. The summed E-state index contributed by atoms with van der Waals surface area (Å²) in [7, 11) is 0. The van der Waals surface area contributed by atoms with Crippen molar-refractivity contribution in [3.05, 3.63) is 0 Å². The van der Waals surface area contributed by atoms with Gasteiger partial charge in [0.25, 0.3) is 0 Å². The van der Waals surface area contributed by atoms with E-state index in [1.54, 1.807) is 0 Å². The third kappa shape index (κ3) is 2.40. The van der Waals surface area contributed by atoms with Crippen molar-refractivity contribution in [2.75, 3.05) is 6.54 Å². The molecular weight excluding hydrogens is 206 g/mol. The molecule has 0 radical (unpaired) electrons. The van der Waals surface area contributed by atoms with Crippen LogP contribution in [0.4, 0.5) is 0 Å². The van der Waals surface area contributed by atoms with Gasteiger partial charge in [-0.2, -0.15) is 25.3 Å². The molecule has 0 aromatic heterocycles. The predicted octanol–water partition coefficient (Wildman–Crippen LogP) is 0.752. The molecule has 0 aliphatic carbocycles. The van der Waals surface area contributed by atoms with Gasteiger partial charge in [0.05, 0.1) is 10.1 Å². The van der Waals surface area contributed by atoms with Crippen LogP contribution in [-0.4, -0.2) is 33.3 Å². The maximum absolute atomic E-state index is 11.2. The van der Waals surface area contributed by atoms with Gasteiger partial charge in [-0.3, -0.25) is 9.59 Å². The van der Waals surface area contributed by atoms with Gasteiger partial charge in [0.1, 0.15) is 0 Å². The lowest BCUT2D eigenvalue weighted by Crippen LogP contribution is -2.38. The number of amides is 1. The molecule has 13 heavy (non-hydrogen) atoms. The van der Waals surface area contributed by atoms with Crippen LogP contribution in [0.25, 0.3) is 0 Å². The minimum absolute atomic E-state index is 0.000162. The number of carbonyl (C=O) groups is 2. The van der Waals surface area contributed by atoms with Gasteiger partial charge >= 0.3 is 0 Å². The molecule has 5 heteroatoms. The van der Waals surface area contributed by atoms with Crippen LogP contribution in [0.3, 0.4) is 0 Å². The van der Waals surface area contributed by atoms with Gasteiger partial charge in [-0.1, -0.05) is 0 Å². The third-order valence-electron chi connectivity index (χ3n) is 2.19. The number of nitrogens with zero attached hydrogens (tertiary/aromatic N) is 1. The van der Waals surface area contributed by atoms with E-state index >= 15 is 0 Å². The Balaban J connectivity index is 2.83. The number of ketones is 1. The van der Waals surface area contributed by atoms with Crippen LogP contribution in [-0.2, 0) is 9.59 Å². The molecule has 0 unspecified atom stereocenters. The highest BCUT2D eigenvalue weighted by atomic mass is 32.2. The van der Waals surface area contributed by atoms with Crippen molar-refractivity contribution < 1.29 is 9.59 Å². The first-order valence-electron chi connectivity index (χ1n) is 4.06. The Kier molecular flexibility index (Phi) is 2.97. The second-order valence-corrected chi connectivity index (χ2v) is 5.52. The molecule has 0 bridgehead atoms. The largest absolute Gasteiger partial charge is 0.331 e. The normalized spacial score (nSPS) is 26.2. The molecule has 0 aromatic carbocycles. The zero-order chi connectivity index (χ0) is 10.2. The molecular formula is C8H13NO2S2. The molecule has 0 aromatic rings. The lowest BCUT2D eigenvalue weighted by Gasteiger charge is -2.20. The Bertz CT molecular complexity index is 229. The van der Waals surface area contributed by atoms with E-state index < -0.39 is 4.08 Å². The SMILES string of the molecule is CC(=O)[C@@H]1CC(S)(S)CN1C(C)=O. The molecule has 1 atom stereocenters. The average Bonchev–Trinajstić information content (AvgIpc) is 2.26. The lowest BCUT2D eigenvalue weighted by molar-refractivity contribution is -0.135. The first-order chi connectivity index (χ1) is 5.83. The summed E-state index contributed by atoms with van der Waals surface area (Å²) in [6.45, 7) is 3.38. The molecule has 1 rings (SSSR count). The van der Waals surface area contributed by atoms with E-state index in [2.05, 4.69) is 25.3 Å². The van der Waals surface area contributed by atoms with E-state index in [0.29, 0.717) is 13.0 Å². The van der Waals surface area contributed by atoms with Crippen molar-refractivity contribution in [3.8, 4) is 0 Å². The topological polar surface area (TPSA) is 37.4 Å². The van der Waals surface area contributed by atoms with Crippen LogP contribution in [0.5, 0.6) is 0 Å². The second-order valence-electron chi connectivity index (χ2n) is 3.46. The Labute approximate surface area is 88.7 Å². The quantitative estimate of drug-likeness (QED) is 0.504. The van der Waals surface area contributed by atoms with E-state index in [-0.39, 0.29) is 17.7 Å². The molecule has 3 nitrogen and oxygen atoms in total. The predicted molar refractivity (Wildman–Crippen MR) is 57.2 cm³/mol. The van der Waals surface area contributed by atoms with E-state index in [4.69, 9.17) is 0 Å². The summed E-state index contributed by atoms with van der Waals surface area (Å²) in [5, 5.41) is 0. The lowest BCUT2D eigenvalue weighted by atomic mass is 10.1. The second kappa shape index (κ2) is 3.53. The zero-order valence-electron chi connectivity index (χ0n) is 7.65. The molecule has 1 aliphatic rings. The first-order valence-corrected chi connectivity index (χ1v) is 4.95. The Morgan fingerprint density at radius 2 is 1.92 bits per heavy atom. The molecule has 0 saturated carbocycles. The third-order valence-corrected chi connectivity index (χ3v) is 2.84. The van der Waals surface area contributed by atoms with E-state index in [0.717, 1.165) is 0 Å². The fourth-order valence-corrected chi connectivity index (χ4v) is 2.21. The van der Waals surface area contributed by atoms with Gasteiger partial charge in [0, 0.05) is 13.5 Å². The van der Waals surface area contributed by atoms with Crippen LogP contribution in [0, 0.1) is 0 Å². The number of thiol groups is 2. The van der Waals surface area contributed by atoms with Gasteiger partial charge in [-0.05, 0) is 13.3 Å². The van der Waals surface area contributed by atoms with Gasteiger partial charge in [0.2, 0.25) is 5.91 Å². The molecule has 1 heterocycles. The van der Waals surface area contributed by atoms with E-state index in [1.807, 2.05) is 0 Å². The Hall–Kier alpha value is -0.160. The summed E-state index contributed by atoms with van der Waals surface area (Å²) in [4.78, 5) is 23.9. The summed E-state index contributed by atoms with van der Waals surface area (Å²) in [6.07, 6.45) is 0.522. The van der Waals surface area contributed by atoms with Crippen molar-refractivity contribution in [1.82, 2.24) is 4.90 Å². The number of hydrogen-bond acceptors (Lipinski definition) is 4. The number of carbonyl (C=O) groups excluding carboxylic acids is 2. The highest BCUT2D eigenvalue weighted by Gasteiger charge is 2.42. The molecule has 74 valence electrons. The van der Waals surface area contributed by atoms with E-state index in [1.165, 1.54) is 18.7 Å². The molecule has 1 amide bonds. The fraction of sp³-hybridized carbons (Fsp3) is 0.750. The maximum Gasteiger partial charge on any atom is 0.220 e. The number of Topliss-reactive ketones (excluding diaryl/α,β-unsaturated/α-hetero) is 1. The molecule has 1 aliphatic heterocycles. The highest BCUT2D eigenvalue weighted by molar-refractivity contribution is 8.00. The zero-order valence-corrected chi connectivity index (χ0v) is 9.44. The summed E-state index contributed by atoms with van der Waals surface area (Å²) >= 11 is 8.55. The monoisotopic (exact) mass is 219 g/mol. The summed E-state index contributed by atoms with van der Waals surface area (Å²) in [5.41, 5.74) is 0. The van der Waals surface area contributed by atoms with Crippen LogP contribution < -0.4 is 0 Å². The van der Waals surface area contributed by atoms with Crippen LogP contribution >= 0.6 is 25.3 Å². The minimum atomic E-state index is -0.526. The standard InChI is InChI=1S/C8H13NO2S2/c1-5(10)7-3-8(12,13)4-9(7)6(2)11/h7,12-13H,3-4H2,1-2H3/t7-/m0/s1. The maximum atomic E-state index is 11.2. The van der Waals surface area contributed by atoms with E-state index in [9.17, 15) is 9.59 Å². The molecule has 0 spiro atoms. The summed E-state index contributed by atoms with van der Waals surface area (Å²) in [5.74, 6) is -0.0923. The summed E-state index contributed by atoms with van der Waals surface area (Å²) in [6, 6.07) is -0.340.